The van der Waals surface area contributed by atoms with Gasteiger partial charge in [0, 0.05) is 26.2 Å². The van der Waals surface area contributed by atoms with Gasteiger partial charge in [0.2, 0.25) is 0 Å². The lowest BCUT2D eigenvalue weighted by molar-refractivity contribution is 0.137. The molecule has 0 unspecified atom stereocenters. The lowest BCUT2D eigenvalue weighted by atomic mass is 9.72. The molecule has 1 saturated carbocycles. The lowest BCUT2D eigenvalue weighted by Gasteiger charge is -2.35. The number of aliphatic hydroxyl groups is 1. The molecule has 0 amide bonds. The average molecular weight is 297 g/mol. The fraction of sp³-hybridized carbons (Fsp3) is 0.941. The van der Waals surface area contributed by atoms with Crippen LogP contribution in [0.1, 0.15) is 71.6 Å². The van der Waals surface area contributed by atoms with Crippen LogP contribution in [0.15, 0.2) is 4.99 Å². The third-order valence-electron chi connectivity index (χ3n) is 4.55. The summed E-state index contributed by atoms with van der Waals surface area (Å²) in [6.45, 7) is 7.35. The molecule has 1 rings (SSSR count). The molecule has 0 heterocycles. The van der Waals surface area contributed by atoms with Crippen molar-refractivity contribution in [3.63, 3.8) is 0 Å². The second kappa shape index (κ2) is 10.9. The molecule has 1 aliphatic rings. The number of hydrogen-bond acceptors (Lipinski definition) is 2. The van der Waals surface area contributed by atoms with Crippen molar-refractivity contribution in [1.82, 2.24) is 10.6 Å². The maximum Gasteiger partial charge on any atom is 0.191 e. The van der Waals surface area contributed by atoms with Crippen LogP contribution in [-0.2, 0) is 0 Å². The van der Waals surface area contributed by atoms with Gasteiger partial charge in [0.15, 0.2) is 5.96 Å². The summed E-state index contributed by atoms with van der Waals surface area (Å²) >= 11 is 0. The summed E-state index contributed by atoms with van der Waals surface area (Å²) in [5.41, 5.74) is 0.235. The molecule has 4 nitrogen and oxygen atoms in total. The summed E-state index contributed by atoms with van der Waals surface area (Å²) in [5, 5.41) is 16.1. The third-order valence-corrected chi connectivity index (χ3v) is 4.55. The molecular weight excluding hydrogens is 262 g/mol. The van der Waals surface area contributed by atoms with E-state index in [1.807, 2.05) is 0 Å². The second-order valence-corrected chi connectivity index (χ2v) is 6.36. The first-order chi connectivity index (χ1) is 10.3. The Hall–Kier alpha value is -0.770. The molecule has 1 aliphatic carbocycles. The quantitative estimate of drug-likeness (QED) is 0.348. The average Bonchev–Trinajstić information content (AvgIpc) is 2.50. The maximum absolute atomic E-state index is 9.37. The van der Waals surface area contributed by atoms with E-state index in [0.29, 0.717) is 0 Å². The summed E-state index contributed by atoms with van der Waals surface area (Å²) in [7, 11) is 0. The van der Waals surface area contributed by atoms with Gasteiger partial charge in [-0.1, -0.05) is 39.0 Å². The predicted molar refractivity (Wildman–Crippen MR) is 90.7 cm³/mol. The van der Waals surface area contributed by atoms with Crippen molar-refractivity contribution in [1.29, 1.82) is 0 Å². The number of nitrogens with zero attached hydrogens (tertiary/aromatic N) is 1. The standard InChI is InChI=1S/C17H35N3O/c1-3-5-9-13-19-16(18-4-2)20-15-17(12-14-21)10-7-6-8-11-17/h21H,3-15H2,1-2H3,(H2,18,19,20). The number of aliphatic hydroxyl groups excluding tert-OH is 1. The van der Waals surface area contributed by atoms with Crippen molar-refractivity contribution in [2.75, 3.05) is 26.2 Å². The van der Waals surface area contributed by atoms with Gasteiger partial charge in [-0.2, -0.15) is 0 Å². The number of guanidine groups is 1. The van der Waals surface area contributed by atoms with Gasteiger partial charge in [-0.15, -0.1) is 0 Å². The fourth-order valence-electron chi connectivity index (χ4n) is 3.20. The number of nitrogens with one attached hydrogen (secondary N) is 2. The van der Waals surface area contributed by atoms with Crippen LogP contribution in [0.25, 0.3) is 0 Å². The van der Waals surface area contributed by atoms with E-state index in [2.05, 4.69) is 24.5 Å². The van der Waals surface area contributed by atoms with Crippen molar-refractivity contribution in [3.8, 4) is 0 Å². The molecule has 0 aromatic carbocycles. The number of rotatable bonds is 9. The van der Waals surface area contributed by atoms with Gasteiger partial charge in [-0.05, 0) is 38.0 Å². The molecular formula is C17H35N3O. The molecule has 0 aromatic rings. The normalized spacial score (nSPS) is 18.5. The molecule has 0 bridgehead atoms. The van der Waals surface area contributed by atoms with E-state index in [1.54, 1.807) is 0 Å². The Kier molecular flexibility index (Phi) is 9.48. The van der Waals surface area contributed by atoms with E-state index in [9.17, 15) is 5.11 Å². The van der Waals surface area contributed by atoms with Gasteiger partial charge in [0.1, 0.15) is 0 Å². The summed E-state index contributed by atoms with van der Waals surface area (Å²) in [6.07, 6.45) is 10.9. The topological polar surface area (TPSA) is 56.7 Å². The number of aliphatic imine (C=N–C) groups is 1. The zero-order valence-electron chi connectivity index (χ0n) is 14.1. The van der Waals surface area contributed by atoms with Crippen molar-refractivity contribution in [2.24, 2.45) is 10.4 Å². The Morgan fingerprint density at radius 3 is 2.48 bits per heavy atom. The summed E-state index contributed by atoms with van der Waals surface area (Å²) < 4.78 is 0. The Morgan fingerprint density at radius 2 is 1.86 bits per heavy atom. The largest absolute Gasteiger partial charge is 0.396 e. The van der Waals surface area contributed by atoms with Gasteiger partial charge in [0.25, 0.3) is 0 Å². The van der Waals surface area contributed by atoms with Gasteiger partial charge >= 0.3 is 0 Å². The van der Waals surface area contributed by atoms with E-state index < -0.39 is 0 Å². The Morgan fingerprint density at radius 1 is 1.10 bits per heavy atom. The van der Waals surface area contributed by atoms with E-state index in [0.717, 1.165) is 32.0 Å². The van der Waals surface area contributed by atoms with Crippen LogP contribution in [0.5, 0.6) is 0 Å². The van der Waals surface area contributed by atoms with Crippen molar-refractivity contribution in [3.05, 3.63) is 0 Å². The maximum atomic E-state index is 9.37. The lowest BCUT2D eigenvalue weighted by Crippen LogP contribution is -2.39. The molecule has 0 aromatic heterocycles. The van der Waals surface area contributed by atoms with E-state index in [4.69, 9.17) is 4.99 Å². The van der Waals surface area contributed by atoms with Gasteiger partial charge in [-0.3, -0.25) is 4.99 Å². The van der Waals surface area contributed by atoms with Crippen LogP contribution < -0.4 is 10.6 Å². The Balaban J connectivity index is 2.52. The molecule has 3 N–H and O–H groups in total. The van der Waals surface area contributed by atoms with Gasteiger partial charge in [-0.25, -0.2) is 0 Å². The summed E-state index contributed by atoms with van der Waals surface area (Å²) in [6, 6.07) is 0. The van der Waals surface area contributed by atoms with Crippen molar-refractivity contribution >= 4 is 5.96 Å². The molecule has 1 fully saturated rings. The molecule has 0 atom stereocenters. The highest BCUT2D eigenvalue weighted by Crippen LogP contribution is 2.39. The predicted octanol–water partition coefficient (Wildman–Crippen LogP) is 3.06. The minimum Gasteiger partial charge on any atom is -0.396 e. The molecule has 0 radical (unpaired) electrons. The molecule has 4 heteroatoms. The van der Waals surface area contributed by atoms with Gasteiger partial charge < -0.3 is 15.7 Å². The zero-order valence-corrected chi connectivity index (χ0v) is 14.1. The second-order valence-electron chi connectivity index (χ2n) is 6.36. The highest BCUT2D eigenvalue weighted by molar-refractivity contribution is 5.79. The van der Waals surface area contributed by atoms with E-state index in [-0.39, 0.29) is 12.0 Å². The van der Waals surface area contributed by atoms with E-state index >= 15 is 0 Å². The Labute approximate surface area is 130 Å². The van der Waals surface area contributed by atoms with Crippen molar-refractivity contribution in [2.45, 2.75) is 71.6 Å². The van der Waals surface area contributed by atoms with Crippen LogP contribution in [0.4, 0.5) is 0 Å². The minimum atomic E-state index is 0.235. The smallest absolute Gasteiger partial charge is 0.191 e. The van der Waals surface area contributed by atoms with Crippen molar-refractivity contribution < 1.29 is 5.11 Å². The van der Waals surface area contributed by atoms with Gasteiger partial charge in [0.05, 0.1) is 0 Å². The van der Waals surface area contributed by atoms with Crippen LogP contribution in [-0.4, -0.2) is 37.3 Å². The minimum absolute atomic E-state index is 0.235. The molecule has 0 spiro atoms. The number of hydrogen-bond donors (Lipinski definition) is 3. The SMILES string of the molecule is CCCCCNC(=NCC1(CCO)CCCCC1)NCC. The highest BCUT2D eigenvalue weighted by Gasteiger charge is 2.31. The first kappa shape index (κ1) is 18.3. The van der Waals surface area contributed by atoms with Crippen LogP contribution in [0.3, 0.4) is 0 Å². The molecule has 0 aliphatic heterocycles. The molecule has 124 valence electrons. The Bertz CT molecular complexity index is 280. The molecule has 21 heavy (non-hydrogen) atoms. The third kappa shape index (κ3) is 7.16. The highest BCUT2D eigenvalue weighted by atomic mass is 16.3. The first-order valence-electron chi connectivity index (χ1n) is 8.89. The monoisotopic (exact) mass is 297 g/mol. The number of unbranched alkanes of at least 4 members (excludes halogenated alkanes) is 2. The summed E-state index contributed by atoms with van der Waals surface area (Å²) in [4.78, 5) is 4.81. The van der Waals surface area contributed by atoms with E-state index in [1.165, 1.54) is 51.4 Å². The zero-order chi connectivity index (χ0) is 15.4. The van der Waals surface area contributed by atoms with Crippen LogP contribution in [0.2, 0.25) is 0 Å². The molecule has 0 saturated heterocycles. The van der Waals surface area contributed by atoms with Crippen LogP contribution >= 0.6 is 0 Å². The fourth-order valence-corrected chi connectivity index (χ4v) is 3.20. The van der Waals surface area contributed by atoms with Crippen LogP contribution in [0, 0.1) is 5.41 Å². The first-order valence-corrected chi connectivity index (χ1v) is 8.89. The summed E-state index contributed by atoms with van der Waals surface area (Å²) in [5.74, 6) is 0.941.